The molecule has 0 aromatic rings. The molecule has 5 heterocycles. The summed E-state index contributed by atoms with van der Waals surface area (Å²) in [6.07, 6.45) is -41.0. The summed E-state index contributed by atoms with van der Waals surface area (Å²) in [7, 11) is 0. The van der Waals surface area contributed by atoms with E-state index in [1.165, 1.54) is 6.92 Å². The van der Waals surface area contributed by atoms with Gasteiger partial charge in [-0.1, -0.05) is 0 Å². The van der Waals surface area contributed by atoms with Crippen LogP contribution in [0.25, 0.3) is 0 Å². The molecule has 0 bridgehead atoms. The maximum atomic E-state index is 12.5. The maximum absolute atomic E-state index is 12.5. The highest BCUT2D eigenvalue weighted by Gasteiger charge is 2.56. The normalized spacial score (nSPS) is 49.6. The molecule has 354 valence electrons. The van der Waals surface area contributed by atoms with E-state index >= 15 is 0 Å². The monoisotopic (exact) mass is 894 g/mol. The molecule has 27 nitrogen and oxygen atoms in total. The lowest BCUT2D eigenvalue weighted by molar-refractivity contribution is -0.378. The molecule has 0 spiro atoms. The molecule has 0 saturated carbocycles. The van der Waals surface area contributed by atoms with E-state index in [2.05, 4.69) is 10.6 Å². The minimum atomic E-state index is -2.15. The second kappa shape index (κ2) is 21.3. The van der Waals surface area contributed by atoms with Crippen molar-refractivity contribution in [1.29, 1.82) is 0 Å². The molecule has 27 heteroatoms. The second-order valence-corrected chi connectivity index (χ2v) is 15.4. The first-order valence-electron chi connectivity index (χ1n) is 19.4. The Morgan fingerprint density at radius 2 is 0.869 bits per heavy atom. The number of rotatable bonds is 14. The fraction of sp³-hybridized carbons (Fsp3) is 0.941. The molecule has 0 aromatic carbocycles. The zero-order valence-electron chi connectivity index (χ0n) is 33.0. The van der Waals surface area contributed by atoms with Crippen molar-refractivity contribution in [2.75, 3.05) is 26.4 Å². The van der Waals surface area contributed by atoms with E-state index in [1.807, 2.05) is 0 Å². The number of carbonyl (C=O) groups excluding carboxylic acids is 2. The van der Waals surface area contributed by atoms with E-state index in [0.29, 0.717) is 0 Å². The predicted molar refractivity (Wildman–Crippen MR) is 188 cm³/mol. The lowest BCUT2D eigenvalue weighted by Crippen LogP contribution is -2.69. The molecule has 61 heavy (non-hydrogen) atoms. The molecule has 0 aliphatic carbocycles. The van der Waals surface area contributed by atoms with Crippen LogP contribution in [-0.2, 0) is 52.2 Å². The standard InChI is InChI=1S/C34H58N2O25/c1-8-17(42)22(47)24(49)32(54-8)60-28-16(36-10(3)41)31(56-13(6-39)20(28)45)53-7-14-21(46)29(61-33-25(50)23(48)18(43)11(4-37)57-33)26(51)34(58-14)59-27-15(35-9(2)40)30(52)55-12(5-38)19(27)44/h8,11-34,37-39,42-52H,4-7H2,1-3H3,(H,35,40)(H,36,41)/t8-,11+,12+,13+,14+,15+,16+,17+,18-,19-,20-,21-,22+,23-,24-,25+,26+,27+,28+,29-,30-,31-,32-,33-,34-/m0/s1. The van der Waals surface area contributed by atoms with Crippen LogP contribution in [-0.4, -0.2) is 263 Å². The van der Waals surface area contributed by atoms with E-state index in [-0.39, 0.29) is 0 Å². The van der Waals surface area contributed by atoms with E-state index in [1.54, 1.807) is 0 Å². The van der Waals surface area contributed by atoms with Crippen LogP contribution in [0.2, 0.25) is 0 Å². The van der Waals surface area contributed by atoms with Gasteiger partial charge in [0.2, 0.25) is 11.8 Å². The van der Waals surface area contributed by atoms with Crippen molar-refractivity contribution in [2.45, 2.75) is 174 Å². The Labute approximate surface area is 346 Å². The lowest BCUT2D eigenvalue weighted by atomic mass is 9.94. The average Bonchev–Trinajstić information content (AvgIpc) is 3.21. The number of hydrogen-bond acceptors (Lipinski definition) is 25. The van der Waals surface area contributed by atoms with E-state index < -0.39 is 192 Å². The van der Waals surface area contributed by atoms with E-state index in [4.69, 9.17) is 42.6 Å². The molecule has 16 N–H and O–H groups in total. The lowest BCUT2D eigenvalue weighted by Gasteiger charge is -2.49. The fourth-order valence-corrected chi connectivity index (χ4v) is 7.67. The van der Waals surface area contributed by atoms with Crippen molar-refractivity contribution in [3.05, 3.63) is 0 Å². The van der Waals surface area contributed by atoms with Crippen LogP contribution >= 0.6 is 0 Å². The van der Waals surface area contributed by atoms with Gasteiger partial charge in [-0.05, 0) is 6.92 Å². The van der Waals surface area contributed by atoms with E-state index in [9.17, 15) is 81.1 Å². The molecule has 0 aromatic heterocycles. The Morgan fingerprint density at radius 3 is 1.43 bits per heavy atom. The molecular weight excluding hydrogens is 836 g/mol. The van der Waals surface area contributed by atoms with Gasteiger partial charge in [0.25, 0.3) is 0 Å². The molecule has 2 amide bonds. The topological polar surface area (TPSA) is 424 Å². The van der Waals surface area contributed by atoms with Gasteiger partial charge in [-0.15, -0.1) is 0 Å². The first-order valence-corrected chi connectivity index (χ1v) is 19.4. The van der Waals surface area contributed by atoms with Gasteiger partial charge in [0.1, 0.15) is 116 Å². The number of nitrogens with one attached hydrogen (secondary N) is 2. The number of aliphatic hydroxyl groups excluding tert-OH is 14. The zero-order valence-corrected chi connectivity index (χ0v) is 33.0. The van der Waals surface area contributed by atoms with Crippen molar-refractivity contribution in [3.63, 3.8) is 0 Å². The number of carbonyl (C=O) groups is 2. The van der Waals surface area contributed by atoms with Gasteiger partial charge < -0.3 is 125 Å². The van der Waals surface area contributed by atoms with Gasteiger partial charge in [0.05, 0.1) is 32.5 Å². The van der Waals surface area contributed by atoms with Crippen molar-refractivity contribution in [3.8, 4) is 0 Å². The Balaban J connectivity index is 1.45. The first kappa shape index (κ1) is 50.0. The predicted octanol–water partition coefficient (Wildman–Crippen LogP) is -10.6. The minimum Gasteiger partial charge on any atom is -0.394 e. The Bertz CT molecular complexity index is 1420. The number of hydrogen-bond donors (Lipinski definition) is 16. The maximum Gasteiger partial charge on any atom is 0.217 e. The van der Waals surface area contributed by atoms with Gasteiger partial charge >= 0.3 is 0 Å². The summed E-state index contributed by atoms with van der Waals surface area (Å²) >= 11 is 0. The largest absolute Gasteiger partial charge is 0.394 e. The van der Waals surface area contributed by atoms with Gasteiger partial charge in [-0.25, -0.2) is 0 Å². The molecule has 0 unspecified atom stereocenters. The van der Waals surface area contributed by atoms with Crippen LogP contribution in [0.15, 0.2) is 0 Å². The number of aliphatic hydroxyl groups is 14. The molecule has 5 fully saturated rings. The average molecular weight is 895 g/mol. The third-order valence-corrected chi connectivity index (χ3v) is 11.1. The van der Waals surface area contributed by atoms with Crippen molar-refractivity contribution in [2.24, 2.45) is 0 Å². The highest BCUT2D eigenvalue weighted by atomic mass is 16.8. The summed E-state index contributed by atoms with van der Waals surface area (Å²) < 4.78 is 51.2. The van der Waals surface area contributed by atoms with Crippen molar-refractivity contribution in [1.82, 2.24) is 10.6 Å². The second-order valence-electron chi connectivity index (χ2n) is 15.4. The van der Waals surface area contributed by atoms with Gasteiger partial charge in [0, 0.05) is 13.8 Å². The van der Waals surface area contributed by atoms with E-state index in [0.717, 1.165) is 13.8 Å². The van der Waals surface area contributed by atoms with Gasteiger partial charge in [-0.3, -0.25) is 9.59 Å². The molecule has 5 aliphatic rings. The highest BCUT2D eigenvalue weighted by molar-refractivity contribution is 5.73. The SMILES string of the molecule is CC(=O)N[C@@H]1[C@@H](O[C@@H]2O[C@H](CO[C@H]3O[C@H](CO)[C@H](O)[C@H](O[C@@H]4O[C@@H](C)[C@@H](O)[C@@H](O)[C@@H]4O)[C@H]3NC(C)=O)[C@H](O)[C@H](O[C@@H]3O[C@H](CO)[C@H](O)[C@H](O)[C@H]3O)[C@H]2O)[C@@H](O)[C@@H](CO)O[C@@H]1O. The summed E-state index contributed by atoms with van der Waals surface area (Å²) in [5.41, 5.74) is 0. The minimum absolute atomic E-state index is 0.742. The number of ether oxygens (including phenoxy) is 9. The Morgan fingerprint density at radius 1 is 0.459 bits per heavy atom. The van der Waals surface area contributed by atoms with Crippen LogP contribution < -0.4 is 10.6 Å². The molecular formula is C34H58N2O25. The molecule has 0 radical (unpaired) electrons. The molecule has 25 atom stereocenters. The highest BCUT2D eigenvalue weighted by Crippen LogP contribution is 2.34. The van der Waals surface area contributed by atoms with Gasteiger partial charge in [0.15, 0.2) is 31.5 Å². The van der Waals surface area contributed by atoms with Crippen molar-refractivity contribution >= 4 is 11.8 Å². The van der Waals surface area contributed by atoms with Gasteiger partial charge in [-0.2, -0.15) is 0 Å². The summed E-state index contributed by atoms with van der Waals surface area (Å²) in [4.78, 5) is 24.5. The molecule has 5 rings (SSSR count). The van der Waals surface area contributed by atoms with Crippen LogP contribution in [0.3, 0.4) is 0 Å². The van der Waals surface area contributed by atoms with Crippen molar-refractivity contribution < 1.29 is 124 Å². The Kier molecular flexibility index (Phi) is 17.5. The van der Waals surface area contributed by atoms with Crippen LogP contribution in [0.1, 0.15) is 20.8 Å². The fourth-order valence-electron chi connectivity index (χ4n) is 7.67. The van der Waals surface area contributed by atoms with Crippen LogP contribution in [0.5, 0.6) is 0 Å². The summed E-state index contributed by atoms with van der Waals surface area (Å²) in [6, 6.07) is -3.12. The summed E-state index contributed by atoms with van der Waals surface area (Å²) in [5, 5.41) is 153. The summed E-state index contributed by atoms with van der Waals surface area (Å²) in [5.74, 6) is -1.49. The van der Waals surface area contributed by atoms with Crippen LogP contribution in [0.4, 0.5) is 0 Å². The summed E-state index contributed by atoms with van der Waals surface area (Å²) in [6.45, 7) is 0.00966. The molecule has 5 aliphatic heterocycles. The third-order valence-electron chi connectivity index (χ3n) is 11.1. The zero-order chi connectivity index (χ0) is 45.2. The smallest absolute Gasteiger partial charge is 0.217 e. The number of amides is 2. The third kappa shape index (κ3) is 10.9. The van der Waals surface area contributed by atoms with Crippen LogP contribution in [0, 0.1) is 0 Å². The quantitative estimate of drug-likeness (QED) is 0.0770. The molecule has 5 saturated heterocycles. The Hall–Kier alpha value is -1.98. The first-order chi connectivity index (χ1) is 28.7.